The van der Waals surface area contributed by atoms with Crippen LogP contribution in [0.25, 0.3) is 0 Å². The quantitative estimate of drug-likeness (QED) is 0.522. The van der Waals surface area contributed by atoms with E-state index in [1.54, 1.807) is 24.3 Å². The predicted molar refractivity (Wildman–Crippen MR) is 120 cm³/mol. The monoisotopic (exact) mass is 450 g/mol. The topological polar surface area (TPSA) is 75.3 Å². The van der Waals surface area contributed by atoms with Crippen LogP contribution in [0.3, 0.4) is 0 Å². The van der Waals surface area contributed by atoms with Crippen LogP contribution in [-0.4, -0.2) is 23.6 Å². The number of carbonyl (C=O) groups excluding carboxylic acids is 3. The van der Waals surface area contributed by atoms with Gasteiger partial charge < -0.3 is 0 Å². The summed E-state index contributed by atoms with van der Waals surface area (Å²) in [7, 11) is 0. The molecule has 7 heteroatoms. The first kappa shape index (κ1) is 23.9. The maximum atomic E-state index is 13.3. The molecule has 170 valence electrons. The molecule has 2 N–H and O–H groups in total. The molecule has 0 radical (unpaired) electrons. The number of hydrogen-bond donors (Lipinski definition) is 2. The standard InChI is InChI=1S/C26H24F2N2O3/c1-17(26(33)30-24(32)15-19-12-21(27)16-22(28)13-19)29-25(20-10-6-3-7-11-20)23(31)14-18-8-4-2-5-9-18/h2-13,16-17,25,29H,14-15H2,1H3,(H,30,32,33)/t17-,25-/m0/s1. The minimum atomic E-state index is -0.886. The van der Waals surface area contributed by atoms with Gasteiger partial charge in [0.15, 0.2) is 5.78 Å². The number of rotatable bonds is 9. The van der Waals surface area contributed by atoms with Crippen molar-refractivity contribution in [3.8, 4) is 0 Å². The van der Waals surface area contributed by atoms with Gasteiger partial charge in [0.25, 0.3) is 0 Å². The van der Waals surface area contributed by atoms with Crippen molar-refractivity contribution in [1.82, 2.24) is 10.6 Å². The van der Waals surface area contributed by atoms with Crippen molar-refractivity contribution in [2.75, 3.05) is 0 Å². The average molecular weight is 450 g/mol. The maximum absolute atomic E-state index is 13.3. The van der Waals surface area contributed by atoms with Crippen molar-refractivity contribution in [2.45, 2.75) is 31.8 Å². The summed E-state index contributed by atoms with van der Waals surface area (Å²) in [5.41, 5.74) is 1.65. The van der Waals surface area contributed by atoms with Gasteiger partial charge in [0, 0.05) is 12.5 Å². The summed E-state index contributed by atoms with van der Waals surface area (Å²) in [6.07, 6.45) is -0.187. The lowest BCUT2D eigenvalue weighted by Gasteiger charge is -2.22. The van der Waals surface area contributed by atoms with E-state index in [-0.39, 0.29) is 24.2 Å². The zero-order chi connectivity index (χ0) is 23.8. The Morgan fingerprint density at radius 1 is 0.788 bits per heavy atom. The second kappa shape index (κ2) is 11.2. The molecular formula is C26H24F2N2O3. The molecule has 0 saturated carbocycles. The van der Waals surface area contributed by atoms with Crippen molar-refractivity contribution in [3.63, 3.8) is 0 Å². The SMILES string of the molecule is C[C@H](N[C@H](C(=O)Cc1ccccc1)c1ccccc1)C(=O)NC(=O)Cc1cc(F)cc(F)c1. The highest BCUT2D eigenvalue weighted by molar-refractivity contribution is 5.98. The Morgan fingerprint density at radius 3 is 1.97 bits per heavy atom. The number of ketones is 1. The van der Waals surface area contributed by atoms with Gasteiger partial charge in [-0.1, -0.05) is 60.7 Å². The molecule has 0 bridgehead atoms. The van der Waals surface area contributed by atoms with E-state index in [9.17, 15) is 23.2 Å². The number of amides is 2. The summed E-state index contributed by atoms with van der Waals surface area (Å²) in [5, 5.41) is 5.22. The molecular weight excluding hydrogens is 426 g/mol. The molecule has 0 aliphatic carbocycles. The Labute approximate surface area is 190 Å². The average Bonchev–Trinajstić information content (AvgIpc) is 2.77. The lowest BCUT2D eigenvalue weighted by molar-refractivity contribution is -0.131. The normalized spacial score (nSPS) is 12.6. The van der Waals surface area contributed by atoms with E-state index >= 15 is 0 Å². The molecule has 0 unspecified atom stereocenters. The van der Waals surface area contributed by atoms with Gasteiger partial charge in [-0.25, -0.2) is 8.78 Å². The van der Waals surface area contributed by atoms with Crippen LogP contribution in [0.2, 0.25) is 0 Å². The Balaban J connectivity index is 1.66. The minimum Gasteiger partial charge on any atom is -0.297 e. The number of halogens is 2. The first-order chi connectivity index (χ1) is 15.8. The highest BCUT2D eigenvalue weighted by Gasteiger charge is 2.26. The van der Waals surface area contributed by atoms with Crippen molar-refractivity contribution in [3.05, 3.63) is 107 Å². The second-order valence-electron chi connectivity index (χ2n) is 7.73. The zero-order valence-electron chi connectivity index (χ0n) is 18.1. The van der Waals surface area contributed by atoms with Crippen molar-refractivity contribution in [1.29, 1.82) is 0 Å². The predicted octanol–water partition coefficient (Wildman–Crippen LogP) is 3.68. The van der Waals surface area contributed by atoms with E-state index in [0.717, 1.165) is 17.7 Å². The van der Waals surface area contributed by atoms with Crippen LogP contribution in [0.1, 0.15) is 29.7 Å². The van der Waals surface area contributed by atoms with Gasteiger partial charge in [0.2, 0.25) is 11.8 Å². The Morgan fingerprint density at radius 2 is 1.36 bits per heavy atom. The summed E-state index contributed by atoms with van der Waals surface area (Å²) >= 11 is 0. The third-order valence-electron chi connectivity index (χ3n) is 5.04. The number of benzene rings is 3. The summed E-state index contributed by atoms with van der Waals surface area (Å²) in [6.45, 7) is 1.54. The van der Waals surface area contributed by atoms with Gasteiger partial charge in [-0.15, -0.1) is 0 Å². The molecule has 0 aliphatic heterocycles. The van der Waals surface area contributed by atoms with Gasteiger partial charge in [-0.05, 0) is 35.7 Å². The van der Waals surface area contributed by atoms with Crippen molar-refractivity contribution in [2.24, 2.45) is 0 Å². The molecule has 3 aromatic rings. The number of carbonyl (C=O) groups is 3. The number of nitrogens with one attached hydrogen (secondary N) is 2. The van der Waals surface area contributed by atoms with Crippen LogP contribution in [0.5, 0.6) is 0 Å². The molecule has 0 saturated heterocycles. The summed E-state index contributed by atoms with van der Waals surface area (Å²) in [6, 6.07) is 19.4. The van der Waals surface area contributed by atoms with Crippen LogP contribution in [-0.2, 0) is 27.2 Å². The molecule has 2 amide bonds. The van der Waals surface area contributed by atoms with Crippen LogP contribution in [0.4, 0.5) is 8.78 Å². The van der Waals surface area contributed by atoms with Gasteiger partial charge in [-0.3, -0.25) is 25.0 Å². The molecule has 3 aromatic carbocycles. The third-order valence-corrected chi connectivity index (χ3v) is 5.04. The molecule has 33 heavy (non-hydrogen) atoms. The molecule has 0 aliphatic rings. The maximum Gasteiger partial charge on any atom is 0.243 e. The number of imide groups is 1. The molecule has 0 heterocycles. The van der Waals surface area contributed by atoms with E-state index in [1.807, 2.05) is 36.4 Å². The Hall–Kier alpha value is -3.71. The summed E-state index contributed by atoms with van der Waals surface area (Å²) in [5.74, 6) is -3.09. The summed E-state index contributed by atoms with van der Waals surface area (Å²) in [4.78, 5) is 37.8. The zero-order valence-corrected chi connectivity index (χ0v) is 18.1. The first-order valence-electron chi connectivity index (χ1n) is 10.5. The Bertz CT molecular complexity index is 1100. The lowest BCUT2D eigenvalue weighted by atomic mass is 9.97. The van der Waals surface area contributed by atoms with Gasteiger partial charge in [0.05, 0.1) is 18.5 Å². The minimum absolute atomic E-state index is 0.110. The fraction of sp³-hybridized carbons (Fsp3) is 0.192. The van der Waals surface area contributed by atoms with Crippen molar-refractivity contribution < 1.29 is 23.2 Å². The fourth-order valence-corrected chi connectivity index (χ4v) is 3.43. The number of hydrogen-bond acceptors (Lipinski definition) is 4. The highest BCUT2D eigenvalue weighted by atomic mass is 19.1. The largest absolute Gasteiger partial charge is 0.297 e. The van der Waals surface area contributed by atoms with E-state index in [0.29, 0.717) is 11.6 Å². The molecule has 0 spiro atoms. The Kier molecular flexibility index (Phi) is 8.16. The fourth-order valence-electron chi connectivity index (χ4n) is 3.43. The van der Waals surface area contributed by atoms with Crippen LogP contribution in [0, 0.1) is 11.6 Å². The van der Waals surface area contributed by atoms with Gasteiger partial charge in [0.1, 0.15) is 11.6 Å². The molecule has 3 rings (SSSR count). The van der Waals surface area contributed by atoms with Gasteiger partial charge >= 0.3 is 0 Å². The molecule has 0 aromatic heterocycles. The second-order valence-corrected chi connectivity index (χ2v) is 7.73. The lowest BCUT2D eigenvalue weighted by Crippen LogP contribution is -2.47. The van der Waals surface area contributed by atoms with Crippen LogP contribution < -0.4 is 10.6 Å². The van der Waals surface area contributed by atoms with E-state index in [2.05, 4.69) is 10.6 Å². The van der Waals surface area contributed by atoms with E-state index < -0.39 is 35.5 Å². The van der Waals surface area contributed by atoms with Crippen LogP contribution >= 0.6 is 0 Å². The first-order valence-corrected chi connectivity index (χ1v) is 10.5. The summed E-state index contributed by atoms with van der Waals surface area (Å²) < 4.78 is 26.7. The highest BCUT2D eigenvalue weighted by Crippen LogP contribution is 2.17. The van der Waals surface area contributed by atoms with E-state index in [4.69, 9.17) is 0 Å². The third kappa shape index (κ3) is 7.15. The molecule has 0 fully saturated rings. The number of Topliss-reactive ketones (excluding diaryl/α,β-unsaturated/α-hetero) is 1. The van der Waals surface area contributed by atoms with E-state index in [1.165, 1.54) is 6.92 Å². The smallest absolute Gasteiger partial charge is 0.243 e. The molecule has 5 nitrogen and oxygen atoms in total. The van der Waals surface area contributed by atoms with Crippen LogP contribution in [0.15, 0.2) is 78.9 Å². The van der Waals surface area contributed by atoms with Gasteiger partial charge in [-0.2, -0.15) is 0 Å². The molecule has 2 atom stereocenters. The van der Waals surface area contributed by atoms with Crippen molar-refractivity contribution >= 4 is 17.6 Å².